The normalized spacial score (nSPS) is 34.5. The van der Waals surface area contributed by atoms with Crippen LogP contribution < -0.4 is 5.32 Å². The van der Waals surface area contributed by atoms with E-state index in [0.717, 1.165) is 5.69 Å². The van der Waals surface area contributed by atoms with Crippen LogP contribution in [0.5, 0.6) is 0 Å². The highest BCUT2D eigenvalue weighted by Crippen LogP contribution is 2.35. The standard InChI is InChI=1S/C12H18N2OS/c1-7-12(16-6-13-7)8(2)14-10-5-9-3-4-11(10)15-9/h6,8-11,14H,3-5H2,1-2H3. The van der Waals surface area contributed by atoms with Crippen molar-refractivity contribution in [3.8, 4) is 0 Å². The zero-order valence-electron chi connectivity index (χ0n) is 9.77. The van der Waals surface area contributed by atoms with E-state index in [0.29, 0.717) is 24.3 Å². The molecule has 16 heavy (non-hydrogen) atoms. The lowest BCUT2D eigenvalue weighted by atomic mass is 9.95. The molecule has 0 aliphatic carbocycles. The first-order valence-electron chi connectivity index (χ1n) is 6.05. The van der Waals surface area contributed by atoms with E-state index >= 15 is 0 Å². The molecule has 4 unspecified atom stereocenters. The van der Waals surface area contributed by atoms with E-state index in [9.17, 15) is 0 Å². The van der Waals surface area contributed by atoms with Crippen LogP contribution in [0.2, 0.25) is 0 Å². The maximum atomic E-state index is 5.86. The third kappa shape index (κ3) is 1.79. The lowest BCUT2D eigenvalue weighted by Gasteiger charge is -2.24. The summed E-state index contributed by atoms with van der Waals surface area (Å²) in [5.41, 5.74) is 3.09. The molecule has 2 saturated heterocycles. The topological polar surface area (TPSA) is 34.2 Å². The molecule has 0 amide bonds. The third-order valence-electron chi connectivity index (χ3n) is 3.75. The van der Waals surface area contributed by atoms with E-state index in [1.54, 1.807) is 11.3 Å². The van der Waals surface area contributed by atoms with Gasteiger partial charge in [-0.25, -0.2) is 4.98 Å². The van der Waals surface area contributed by atoms with Crippen LogP contribution >= 0.6 is 11.3 Å². The van der Waals surface area contributed by atoms with Gasteiger partial charge in [-0.05, 0) is 33.1 Å². The summed E-state index contributed by atoms with van der Waals surface area (Å²) < 4.78 is 5.86. The largest absolute Gasteiger partial charge is 0.373 e. The van der Waals surface area contributed by atoms with E-state index in [4.69, 9.17) is 4.74 Å². The highest BCUT2D eigenvalue weighted by Gasteiger charge is 2.41. The summed E-state index contributed by atoms with van der Waals surface area (Å²) in [6.45, 7) is 4.31. The molecule has 4 heteroatoms. The van der Waals surface area contributed by atoms with Gasteiger partial charge in [0.05, 0.1) is 23.4 Å². The summed E-state index contributed by atoms with van der Waals surface area (Å²) in [6.07, 6.45) is 4.67. The Bertz CT molecular complexity index is 379. The van der Waals surface area contributed by atoms with Gasteiger partial charge in [0.25, 0.3) is 0 Å². The Hall–Kier alpha value is -0.450. The van der Waals surface area contributed by atoms with Gasteiger partial charge in [0.15, 0.2) is 0 Å². The molecule has 0 radical (unpaired) electrons. The molecule has 2 aliphatic heterocycles. The maximum absolute atomic E-state index is 5.86. The zero-order valence-corrected chi connectivity index (χ0v) is 10.6. The molecule has 3 rings (SSSR count). The zero-order chi connectivity index (χ0) is 11.1. The van der Waals surface area contributed by atoms with E-state index < -0.39 is 0 Å². The van der Waals surface area contributed by atoms with Crippen molar-refractivity contribution in [2.24, 2.45) is 0 Å². The minimum atomic E-state index is 0.403. The summed E-state index contributed by atoms with van der Waals surface area (Å²) in [4.78, 5) is 5.67. The van der Waals surface area contributed by atoms with Crippen molar-refractivity contribution < 1.29 is 4.74 Å². The fourth-order valence-electron chi connectivity index (χ4n) is 2.94. The van der Waals surface area contributed by atoms with Gasteiger partial charge >= 0.3 is 0 Å². The number of thiazole rings is 1. The van der Waals surface area contributed by atoms with Crippen LogP contribution in [0.15, 0.2) is 5.51 Å². The van der Waals surface area contributed by atoms with Crippen molar-refractivity contribution in [2.45, 2.75) is 57.4 Å². The van der Waals surface area contributed by atoms with E-state index in [2.05, 4.69) is 24.1 Å². The Morgan fingerprint density at radius 1 is 1.56 bits per heavy atom. The Labute approximate surface area is 100 Å². The lowest BCUT2D eigenvalue weighted by molar-refractivity contribution is 0.0963. The molecule has 2 bridgehead atoms. The van der Waals surface area contributed by atoms with Crippen LogP contribution in [0, 0.1) is 6.92 Å². The number of nitrogens with zero attached hydrogens (tertiary/aromatic N) is 1. The molecule has 0 spiro atoms. The average Bonchev–Trinajstić information content (AvgIpc) is 2.92. The minimum Gasteiger partial charge on any atom is -0.373 e. The molecule has 4 atom stereocenters. The summed E-state index contributed by atoms with van der Waals surface area (Å²) in [5.74, 6) is 0. The second kappa shape index (κ2) is 4.09. The summed E-state index contributed by atoms with van der Waals surface area (Å²) >= 11 is 1.75. The summed E-state index contributed by atoms with van der Waals surface area (Å²) in [5, 5.41) is 3.70. The van der Waals surface area contributed by atoms with Gasteiger partial charge in [-0.1, -0.05) is 0 Å². The molecule has 2 aliphatic rings. The van der Waals surface area contributed by atoms with Crippen LogP contribution in [0.25, 0.3) is 0 Å². The number of rotatable bonds is 3. The lowest BCUT2D eigenvalue weighted by Crippen LogP contribution is -2.38. The molecule has 1 aromatic rings. The number of hydrogen-bond donors (Lipinski definition) is 1. The molecule has 0 saturated carbocycles. The fourth-order valence-corrected chi connectivity index (χ4v) is 3.76. The van der Waals surface area contributed by atoms with Gasteiger partial charge in [-0.3, -0.25) is 0 Å². The molecular weight excluding hydrogens is 220 g/mol. The minimum absolute atomic E-state index is 0.403. The van der Waals surface area contributed by atoms with Crippen LogP contribution in [0.3, 0.4) is 0 Å². The first-order chi connectivity index (χ1) is 7.74. The number of ether oxygens (including phenoxy) is 1. The third-order valence-corrected chi connectivity index (χ3v) is 4.86. The summed E-state index contributed by atoms with van der Waals surface area (Å²) in [7, 11) is 0. The highest BCUT2D eigenvalue weighted by atomic mass is 32.1. The fraction of sp³-hybridized carbons (Fsp3) is 0.750. The Balaban J connectivity index is 1.65. The van der Waals surface area contributed by atoms with Gasteiger partial charge in [0, 0.05) is 17.0 Å². The Morgan fingerprint density at radius 3 is 3.00 bits per heavy atom. The average molecular weight is 238 g/mol. The number of hydrogen-bond acceptors (Lipinski definition) is 4. The number of aryl methyl sites for hydroxylation is 1. The smallest absolute Gasteiger partial charge is 0.0798 e. The monoisotopic (exact) mass is 238 g/mol. The van der Waals surface area contributed by atoms with Crippen molar-refractivity contribution in [3.05, 3.63) is 16.1 Å². The molecule has 0 aromatic carbocycles. The van der Waals surface area contributed by atoms with Crippen molar-refractivity contribution in [2.75, 3.05) is 0 Å². The van der Waals surface area contributed by atoms with Crippen LogP contribution in [-0.2, 0) is 4.74 Å². The number of nitrogens with one attached hydrogen (secondary N) is 1. The van der Waals surface area contributed by atoms with E-state index in [-0.39, 0.29) is 0 Å². The molecule has 2 fully saturated rings. The van der Waals surface area contributed by atoms with Crippen LogP contribution in [0.1, 0.15) is 42.8 Å². The van der Waals surface area contributed by atoms with Gasteiger partial charge in [-0.15, -0.1) is 11.3 Å². The van der Waals surface area contributed by atoms with Gasteiger partial charge in [-0.2, -0.15) is 0 Å². The highest BCUT2D eigenvalue weighted by molar-refractivity contribution is 7.09. The van der Waals surface area contributed by atoms with Crippen molar-refractivity contribution in [3.63, 3.8) is 0 Å². The summed E-state index contributed by atoms with van der Waals surface area (Å²) in [6, 6.07) is 0.954. The predicted molar refractivity (Wildman–Crippen MR) is 64.7 cm³/mol. The molecule has 3 nitrogen and oxygen atoms in total. The molecule has 1 aromatic heterocycles. The first-order valence-corrected chi connectivity index (χ1v) is 6.93. The van der Waals surface area contributed by atoms with Gasteiger partial charge in [0.2, 0.25) is 0 Å². The van der Waals surface area contributed by atoms with Crippen molar-refractivity contribution in [1.82, 2.24) is 10.3 Å². The molecule has 1 N–H and O–H groups in total. The number of aromatic nitrogens is 1. The number of fused-ring (bicyclic) bond motifs is 2. The second-order valence-corrected chi connectivity index (χ2v) is 5.79. The Morgan fingerprint density at radius 2 is 2.44 bits per heavy atom. The van der Waals surface area contributed by atoms with Crippen LogP contribution in [-0.4, -0.2) is 23.2 Å². The maximum Gasteiger partial charge on any atom is 0.0798 e. The van der Waals surface area contributed by atoms with Crippen molar-refractivity contribution >= 4 is 11.3 Å². The van der Waals surface area contributed by atoms with Crippen molar-refractivity contribution in [1.29, 1.82) is 0 Å². The van der Waals surface area contributed by atoms with Gasteiger partial charge < -0.3 is 10.1 Å². The van der Waals surface area contributed by atoms with Gasteiger partial charge in [0.1, 0.15) is 0 Å². The SMILES string of the molecule is Cc1ncsc1C(C)NC1CC2CCC1O2. The molecule has 88 valence electrons. The van der Waals surface area contributed by atoms with Crippen LogP contribution in [0.4, 0.5) is 0 Å². The predicted octanol–water partition coefficient (Wildman–Crippen LogP) is 2.42. The molecular formula is C12H18N2OS. The quantitative estimate of drug-likeness (QED) is 0.878. The first kappa shape index (κ1) is 10.7. The van der Waals surface area contributed by atoms with E-state index in [1.807, 2.05) is 5.51 Å². The second-order valence-electron chi connectivity index (χ2n) is 4.91. The van der Waals surface area contributed by atoms with E-state index in [1.165, 1.54) is 24.1 Å². The molecule has 3 heterocycles. The Kier molecular flexibility index (Phi) is 2.73.